The first-order valence-corrected chi connectivity index (χ1v) is 11.5. The van der Waals surface area contributed by atoms with Gasteiger partial charge in [-0.2, -0.15) is 0 Å². The van der Waals surface area contributed by atoms with Crippen molar-refractivity contribution in [2.45, 2.75) is 17.2 Å². The summed E-state index contributed by atoms with van der Waals surface area (Å²) in [6, 6.07) is 16.9. The minimum absolute atomic E-state index is 0.317. The normalized spacial score (nSPS) is 18.5. The molecule has 0 spiro atoms. The Hall–Kier alpha value is -2.44. The molecule has 1 aliphatic rings. The van der Waals surface area contributed by atoms with Crippen LogP contribution in [0.4, 0.5) is 17.1 Å². The smallest absolute Gasteiger partial charge is 0.255 e. The Kier molecular flexibility index (Phi) is 6.52. The molecule has 33 heavy (non-hydrogen) atoms. The van der Waals surface area contributed by atoms with Crippen molar-refractivity contribution >= 4 is 75.3 Å². The molecule has 4 rings (SSSR count). The van der Waals surface area contributed by atoms with Gasteiger partial charge in [-0.1, -0.05) is 35.3 Å². The van der Waals surface area contributed by atoms with Gasteiger partial charge in [-0.25, -0.2) is 0 Å². The average Bonchev–Trinajstić information content (AvgIpc) is 3.34. The molecular weight excluding hydrogens is 504 g/mol. The van der Waals surface area contributed by atoms with Crippen LogP contribution in [0.25, 0.3) is 0 Å². The van der Waals surface area contributed by atoms with Crippen molar-refractivity contribution in [2.75, 3.05) is 16.4 Å². The lowest BCUT2D eigenvalue weighted by molar-refractivity contribution is -0.117. The summed E-state index contributed by atoms with van der Waals surface area (Å²) in [6.45, 7) is 1.85. The average molecular weight is 523 g/mol. The first-order valence-electron chi connectivity index (χ1n) is 9.99. The Bertz CT molecular complexity index is 1260. The number of benzene rings is 3. The summed E-state index contributed by atoms with van der Waals surface area (Å²) >= 11 is 24.9. The van der Waals surface area contributed by atoms with Gasteiger partial charge in [0.1, 0.15) is 4.33 Å². The number of carbonyl (C=O) groups excluding carboxylic acids is 2. The first-order chi connectivity index (χ1) is 15.6. The van der Waals surface area contributed by atoms with Crippen molar-refractivity contribution < 1.29 is 9.59 Å². The second-order valence-electron chi connectivity index (χ2n) is 7.90. The van der Waals surface area contributed by atoms with E-state index < -0.39 is 16.2 Å². The molecule has 0 aromatic heterocycles. The molecule has 1 aliphatic carbocycles. The highest BCUT2D eigenvalue weighted by Gasteiger charge is 2.67. The van der Waals surface area contributed by atoms with Gasteiger partial charge < -0.3 is 16.4 Å². The lowest BCUT2D eigenvalue weighted by Crippen LogP contribution is -2.18. The van der Waals surface area contributed by atoms with Crippen LogP contribution in [-0.4, -0.2) is 16.1 Å². The van der Waals surface area contributed by atoms with Crippen LogP contribution >= 0.6 is 46.4 Å². The minimum Gasteiger partial charge on any atom is -0.399 e. The summed E-state index contributed by atoms with van der Waals surface area (Å²) < 4.78 is -1.27. The van der Waals surface area contributed by atoms with E-state index in [2.05, 4.69) is 10.6 Å². The van der Waals surface area contributed by atoms with Crippen LogP contribution in [0.3, 0.4) is 0 Å². The van der Waals surface area contributed by atoms with Gasteiger partial charge in [-0.3, -0.25) is 9.59 Å². The number of anilines is 3. The summed E-state index contributed by atoms with van der Waals surface area (Å²) in [5.74, 6) is -1.80. The molecule has 2 unspecified atom stereocenters. The number of alkyl halides is 2. The molecule has 1 saturated carbocycles. The van der Waals surface area contributed by atoms with E-state index in [0.29, 0.717) is 32.7 Å². The maximum atomic E-state index is 12.9. The lowest BCUT2D eigenvalue weighted by atomic mass is 10.1. The van der Waals surface area contributed by atoms with Gasteiger partial charge in [-0.15, -0.1) is 23.2 Å². The fraction of sp³-hybridized carbons (Fsp3) is 0.167. The van der Waals surface area contributed by atoms with E-state index >= 15 is 0 Å². The summed E-state index contributed by atoms with van der Waals surface area (Å²) in [5, 5.41) is 6.41. The van der Waals surface area contributed by atoms with Gasteiger partial charge >= 0.3 is 0 Å². The number of nitrogens with one attached hydrogen (secondary N) is 2. The number of hydrogen-bond acceptors (Lipinski definition) is 3. The molecule has 0 radical (unpaired) electrons. The topological polar surface area (TPSA) is 84.2 Å². The Morgan fingerprint density at radius 2 is 1.70 bits per heavy atom. The summed E-state index contributed by atoms with van der Waals surface area (Å²) in [5.41, 5.74) is 9.42. The summed E-state index contributed by atoms with van der Waals surface area (Å²) in [4.78, 5) is 25.6. The van der Waals surface area contributed by atoms with E-state index in [4.69, 9.17) is 52.1 Å². The molecule has 0 heterocycles. The van der Waals surface area contributed by atoms with Gasteiger partial charge in [0.25, 0.3) is 5.91 Å². The largest absolute Gasteiger partial charge is 0.399 e. The van der Waals surface area contributed by atoms with Crippen molar-refractivity contribution in [1.29, 1.82) is 0 Å². The van der Waals surface area contributed by atoms with Crippen LogP contribution in [0.1, 0.15) is 27.4 Å². The second kappa shape index (κ2) is 9.07. The van der Waals surface area contributed by atoms with E-state index in [9.17, 15) is 9.59 Å². The molecule has 9 heteroatoms. The molecule has 0 bridgehead atoms. The molecule has 5 nitrogen and oxygen atoms in total. The number of carbonyl (C=O) groups is 2. The van der Waals surface area contributed by atoms with Crippen LogP contribution in [0, 0.1) is 12.8 Å². The number of nitrogen functional groups attached to an aromatic ring is 1. The molecule has 1 fully saturated rings. The van der Waals surface area contributed by atoms with E-state index in [0.717, 1.165) is 11.1 Å². The number of aryl methyl sites for hydroxylation is 1. The Morgan fingerprint density at radius 3 is 2.39 bits per heavy atom. The zero-order valence-electron chi connectivity index (χ0n) is 17.3. The summed E-state index contributed by atoms with van der Waals surface area (Å²) in [6.07, 6.45) is 0. The van der Waals surface area contributed by atoms with Crippen molar-refractivity contribution in [2.24, 2.45) is 5.92 Å². The molecule has 0 saturated heterocycles. The van der Waals surface area contributed by atoms with Gasteiger partial charge in [0.15, 0.2) is 0 Å². The lowest BCUT2D eigenvalue weighted by Gasteiger charge is -2.11. The maximum absolute atomic E-state index is 12.9. The van der Waals surface area contributed by atoms with Gasteiger partial charge in [-0.05, 0) is 66.6 Å². The third-order valence-electron chi connectivity index (χ3n) is 5.53. The molecule has 3 aromatic carbocycles. The van der Waals surface area contributed by atoms with Crippen LogP contribution in [-0.2, 0) is 4.79 Å². The fourth-order valence-electron chi connectivity index (χ4n) is 3.75. The molecule has 3 aromatic rings. The predicted octanol–water partition coefficient (Wildman–Crippen LogP) is 6.66. The van der Waals surface area contributed by atoms with Crippen molar-refractivity contribution in [3.8, 4) is 0 Å². The molecule has 2 atom stereocenters. The van der Waals surface area contributed by atoms with Gasteiger partial charge in [0, 0.05) is 28.5 Å². The first kappa shape index (κ1) is 23.7. The number of amides is 2. The van der Waals surface area contributed by atoms with Gasteiger partial charge in [0.2, 0.25) is 5.91 Å². The van der Waals surface area contributed by atoms with E-state index in [1.54, 1.807) is 60.7 Å². The number of halogens is 4. The molecule has 0 aliphatic heterocycles. The third-order valence-corrected chi connectivity index (χ3v) is 7.21. The highest BCUT2D eigenvalue weighted by atomic mass is 35.5. The van der Waals surface area contributed by atoms with E-state index in [1.165, 1.54) is 0 Å². The second-order valence-corrected chi connectivity index (χ2v) is 10.2. The quantitative estimate of drug-likeness (QED) is 0.258. The van der Waals surface area contributed by atoms with Gasteiger partial charge in [0.05, 0.1) is 16.0 Å². The zero-order chi connectivity index (χ0) is 23.9. The third kappa shape index (κ3) is 4.92. The van der Waals surface area contributed by atoms with Crippen LogP contribution < -0.4 is 16.4 Å². The number of rotatable bonds is 5. The van der Waals surface area contributed by atoms with Crippen molar-refractivity contribution in [1.82, 2.24) is 0 Å². The van der Waals surface area contributed by atoms with Crippen molar-refractivity contribution in [3.63, 3.8) is 0 Å². The van der Waals surface area contributed by atoms with Crippen LogP contribution in [0.2, 0.25) is 10.0 Å². The Labute approximate surface area is 211 Å². The molecular formula is C24H19Cl4N3O2. The van der Waals surface area contributed by atoms with Crippen LogP contribution in [0.5, 0.6) is 0 Å². The highest BCUT2D eigenvalue weighted by molar-refractivity contribution is 6.53. The SMILES string of the molecule is Cc1cc(N)ccc1NC(=O)c1cccc(NC(=O)C2C(c3ccc(Cl)c(Cl)c3)C2(Cl)Cl)c1. The monoisotopic (exact) mass is 521 g/mol. The highest BCUT2D eigenvalue weighted by Crippen LogP contribution is 2.65. The molecule has 4 N–H and O–H groups in total. The minimum atomic E-state index is -1.27. The van der Waals surface area contributed by atoms with E-state index in [-0.39, 0.29) is 11.8 Å². The van der Waals surface area contributed by atoms with Crippen LogP contribution in [0.15, 0.2) is 60.7 Å². The zero-order valence-corrected chi connectivity index (χ0v) is 20.4. The maximum Gasteiger partial charge on any atom is 0.255 e. The summed E-state index contributed by atoms with van der Waals surface area (Å²) in [7, 11) is 0. The Morgan fingerprint density at radius 1 is 0.939 bits per heavy atom. The molecule has 170 valence electrons. The van der Waals surface area contributed by atoms with E-state index in [1.807, 2.05) is 6.92 Å². The number of nitrogens with two attached hydrogens (primary N) is 1. The number of hydrogen-bond donors (Lipinski definition) is 3. The standard InChI is InChI=1S/C24H19Cl4N3O2/c1-12-9-15(29)6-8-19(12)31-22(32)14-3-2-4-16(10-14)30-23(33)21-20(24(21,27)28)13-5-7-17(25)18(26)11-13/h2-11,20-21H,29H2,1H3,(H,30,33)(H,31,32). The fourth-order valence-corrected chi connectivity index (χ4v) is 4.89. The van der Waals surface area contributed by atoms with Crippen molar-refractivity contribution in [3.05, 3.63) is 87.4 Å². The molecule has 2 amide bonds. The predicted molar refractivity (Wildman–Crippen MR) is 136 cm³/mol. The Balaban J connectivity index is 1.47.